The third-order valence-corrected chi connectivity index (χ3v) is 4.04. The molecule has 114 valence electrons. The van der Waals surface area contributed by atoms with E-state index in [4.69, 9.17) is 4.52 Å². The molecule has 1 N–H and O–H groups in total. The molecule has 0 bridgehead atoms. The van der Waals surface area contributed by atoms with E-state index in [0.717, 1.165) is 24.3 Å². The number of benzene rings is 1. The Balaban J connectivity index is 1.78. The van der Waals surface area contributed by atoms with Gasteiger partial charge in [-0.05, 0) is 44.2 Å². The highest BCUT2D eigenvalue weighted by atomic mass is 32.2. The Labute approximate surface area is 128 Å². The van der Waals surface area contributed by atoms with Crippen molar-refractivity contribution < 1.29 is 8.91 Å². The fourth-order valence-corrected chi connectivity index (χ4v) is 2.66. The number of aryl methyl sites for hydroxylation is 1. The zero-order valence-electron chi connectivity index (χ0n) is 12.3. The maximum Gasteiger partial charge on any atom is 0.226 e. The van der Waals surface area contributed by atoms with Gasteiger partial charge in [-0.2, -0.15) is 4.98 Å². The summed E-state index contributed by atoms with van der Waals surface area (Å²) in [5.41, 5.74) is 0. The number of aromatic nitrogens is 2. The molecule has 0 aliphatic carbocycles. The van der Waals surface area contributed by atoms with Crippen molar-refractivity contribution in [2.45, 2.75) is 43.4 Å². The number of rotatable bonds is 8. The monoisotopic (exact) mass is 309 g/mol. The SMILES string of the molecule is CCNC(C)CCc1nc(CSc2ccc(F)cc2)no1. The molecule has 1 heterocycles. The summed E-state index contributed by atoms with van der Waals surface area (Å²) in [6, 6.07) is 6.84. The van der Waals surface area contributed by atoms with Crippen LogP contribution in [0.15, 0.2) is 33.7 Å². The summed E-state index contributed by atoms with van der Waals surface area (Å²) in [5, 5.41) is 7.32. The minimum absolute atomic E-state index is 0.226. The Hall–Kier alpha value is -1.40. The van der Waals surface area contributed by atoms with Crippen molar-refractivity contribution in [1.29, 1.82) is 0 Å². The number of hydrogen-bond acceptors (Lipinski definition) is 5. The Kier molecular flexibility index (Phi) is 6.20. The second-order valence-corrected chi connectivity index (χ2v) is 5.89. The van der Waals surface area contributed by atoms with Gasteiger partial charge in [-0.1, -0.05) is 12.1 Å². The topological polar surface area (TPSA) is 51.0 Å². The van der Waals surface area contributed by atoms with E-state index in [1.54, 1.807) is 23.9 Å². The average molecular weight is 309 g/mol. The van der Waals surface area contributed by atoms with Crippen LogP contribution in [0.2, 0.25) is 0 Å². The summed E-state index contributed by atoms with van der Waals surface area (Å²) in [6.07, 6.45) is 1.75. The van der Waals surface area contributed by atoms with Gasteiger partial charge in [-0.15, -0.1) is 11.8 Å². The molecule has 0 amide bonds. The highest BCUT2D eigenvalue weighted by Gasteiger charge is 2.09. The van der Waals surface area contributed by atoms with Crippen molar-refractivity contribution >= 4 is 11.8 Å². The number of nitrogens with one attached hydrogen (secondary N) is 1. The highest BCUT2D eigenvalue weighted by molar-refractivity contribution is 7.98. The van der Waals surface area contributed by atoms with Gasteiger partial charge in [0, 0.05) is 17.4 Å². The summed E-state index contributed by atoms with van der Waals surface area (Å²) < 4.78 is 18.0. The highest BCUT2D eigenvalue weighted by Crippen LogP contribution is 2.21. The van der Waals surface area contributed by atoms with E-state index >= 15 is 0 Å². The molecule has 1 aromatic heterocycles. The average Bonchev–Trinajstić information content (AvgIpc) is 2.93. The summed E-state index contributed by atoms with van der Waals surface area (Å²) in [4.78, 5) is 5.36. The van der Waals surface area contributed by atoms with Crippen LogP contribution < -0.4 is 5.32 Å². The molecule has 0 spiro atoms. The first-order chi connectivity index (χ1) is 10.2. The van der Waals surface area contributed by atoms with Crippen LogP contribution in [0.1, 0.15) is 32.0 Å². The van der Waals surface area contributed by atoms with Crippen LogP contribution in [0.4, 0.5) is 4.39 Å². The standard InChI is InChI=1S/C15H20FN3OS/c1-3-17-11(2)4-9-15-18-14(19-20-15)10-21-13-7-5-12(16)6-8-13/h5-8,11,17H,3-4,9-10H2,1-2H3. The molecule has 1 atom stereocenters. The predicted octanol–water partition coefficient (Wildman–Crippen LogP) is 3.43. The molecule has 1 aromatic carbocycles. The summed E-state index contributed by atoms with van der Waals surface area (Å²) in [5.74, 6) is 1.75. The second-order valence-electron chi connectivity index (χ2n) is 4.84. The number of hydrogen-bond donors (Lipinski definition) is 1. The first-order valence-corrected chi connectivity index (χ1v) is 8.09. The lowest BCUT2D eigenvalue weighted by atomic mass is 10.2. The third-order valence-electron chi connectivity index (χ3n) is 3.04. The molecule has 2 rings (SSSR count). The maximum atomic E-state index is 12.8. The van der Waals surface area contributed by atoms with Crippen LogP contribution in [-0.4, -0.2) is 22.7 Å². The van der Waals surface area contributed by atoms with Crippen molar-refractivity contribution in [3.05, 3.63) is 41.8 Å². The van der Waals surface area contributed by atoms with E-state index in [0.29, 0.717) is 23.5 Å². The van der Waals surface area contributed by atoms with Crippen LogP contribution in [0, 0.1) is 5.82 Å². The quantitative estimate of drug-likeness (QED) is 0.757. The smallest absolute Gasteiger partial charge is 0.226 e. The normalized spacial score (nSPS) is 12.5. The Morgan fingerprint density at radius 3 is 2.81 bits per heavy atom. The van der Waals surface area contributed by atoms with Crippen LogP contribution in [0.25, 0.3) is 0 Å². The van der Waals surface area contributed by atoms with Crippen LogP contribution >= 0.6 is 11.8 Å². The molecule has 1 unspecified atom stereocenters. The van der Waals surface area contributed by atoms with Crippen LogP contribution in [-0.2, 0) is 12.2 Å². The van der Waals surface area contributed by atoms with Crippen molar-refractivity contribution in [3.8, 4) is 0 Å². The predicted molar refractivity (Wildman–Crippen MR) is 81.7 cm³/mol. The Morgan fingerprint density at radius 2 is 2.10 bits per heavy atom. The number of nitrogens with zero attached hydrogens (tertiary/aromatic N) is 2. The first-order valence-electron chi connectivity index (χ1n) is 7.10. The Bertz CT molecular complexity index is 544. The molecule has 0 aliphatic heterocycles. The van der Waals surface area contributed by atoms with Crippen molar-refractivity contribution in [1.82, 2.24) is 15.5 Å². The van der Waals surface area contributed by atoms with Crippen LogP contribution in [0.3, 0.4) is 0 Å². The van der Waals surface area contributed by atoms with Crippen molar-refractivity contribution in [3.63, 3.8) is 0 Å². The van der Waals surface area contributed by atoms with Gasteiger partial charge in [-0.25, -0.2) is 4.39 Å². The molecule has 0 aliphatic rings. The molecular weight excluding hydrogens is 289 g/mol. The molecule has 2 aromatic rings. The summed E-state index contributed by atoms with van der Waals surface area (Å²) in [6.45, 7) is 5.20. The van der Waals surface area contributed by atoms with Gasteiger partial charge in [0.05, 0.1) is 5.75 Å². The number of thioether (sulfide) groups is 1. The minimum atomic E-state index is -0.226. The van der Waals surface area contributed by atoms with E-state index < -0.39 is 0 Å². The van der Waals surface area contributed by atoms with Crippen molar-refractivity contribution in [2.24, 2.45) is 0 Å². The fourth-order valence-electron chi connectivity index (χ4n) is 1.92. The molecule has 21 heavy (non-hydrogen) atoms. The zero-order chi connectivity index (χ0) is 15.1. The van der Waals surface area contributed by atoms with Gasteiger partial charge in [0.1, 0.15) is 5.82 Å². The van der Waals surface area contributed by atoms with E-state index in [9.17, 15) is 4.39 Å². The van der Waals surface area contributed by atoms with Crippen molar-refractivity contribution in [2.75, 3.05) is 6.54 Å². The minimum Gasteiger partial charge on any atom is -0.339 e. The lowest BCUT2D eigenvalue weighted by Gasteiger charge is -2.09. The van der Waals surface area contributed by atoms with E-state index in [-0.39, 0.29) is 5.82 Å². The molecule has 0 saturated carbocycles. The molecule has 0 radical (unpaired) electrons. The van der Waals surface area contributed by atoms with Crippen LogP contribution in [0.5, 0.6) is 0 Å². The van der Waals surface area contributed by atoms with E-state index in [1.807, 2.05) is 0 Å². The molecule has 4 nitrogen and oxygen atoms in total. The van der Waals surface area contributed by atoms with Gasteiger partial charge in [0.25, 0.3) is 0 Å². The summed E-state index contributed by atoms with van der Waals surface area (Å²) in [7, 11) is 0. The third kappa shape index (κ3) is 5.47. The zero-order valence-corrected chi connectivity index (χ0v) is 13.1. The largest absolute Gasteiger partial charge is 0.339 e. The van der Waals surface area contributed by atoms with Gasteiger partial charge < -0.3 is 9.84 Å². The van der Waals surface area contributed by atoms with Gasteiger partial charge in [0.15, 0.2) is 5.82 Å². The molecule has 0 saturated heterocycles. The maximum absolute atomic E-state index is 12.8. The lowest BCUT2D eigenvalue weighted by molar-refractivity contribution is 0.364. The molecular formula is C15H20FN3OS. The van der Waals surface area contributed by atoms with Gasteiger partial charge in [0.2, 0.25) is 5.89 Å². The second kappa shape index (κ2) is 8.14. The first kappa shape index (κ1) is 16.0. The van der Waals surface area contributed by atoms with Gasteiger partial charge >= 0.3 is 0 Å². The van der Waals surface area contributed by atoms with E-state index in [2.05, 4.69) is 29.3 Å². The fraction of sp³-hybridized carbons (Fsp3) is 0.467. The lowest BCUT2D eigenvalue weighted by Crippen LogP contribution is -2.25. The summed E-state index contributed by atoms with van der Waals surface area (Å²) >= 11 is 1.56. The number of halogens is 1. The van der Waals surface area contributed by atoms with Gasteiger partial charge in [-0.3, -0.25) is 0 Å². The molecule has 6 heteroatoms. The molecule has 0 fully saturated rings. The van der Waals surface area contributed by atoms with E-state index in [1.165, 1.54) is 12.1 Å². The Morgan fingerprint density at radius 1 is 1.33 bits per heavy atom.